The molecular formula is C35H20N6. The molecule has 0 radical (unpaired) electrons. The first-order valence-corrected chi connectivity index (χ1v) is 14.0. The molecule has 8 aromatic heterocycles. The van der Waals surface area contributed by atoms with E-state index in [4.69, 9.17) is 0 Å². The predicted octanol–water partition coefficient (Wildman–Crippen LogP) is 7.87. The van der Waals surface area contributed by atoms with Crippen LogP contribution in [-0.4, -0.2) is 28.7 Å². The quantitative estimate of drug-likeness (QED) is 0.203. The predicted molar refractivity (Wildman–Crippen MR) is 165 cm³/mol. The van der Waals surface area contributed by atoms with Gasteiger partial charge in [-0.3, -0.25) is 19.9 Å². The van der Waals surface area contributed by atoms with E-state index >= 15 is 0 Å². The first kappa shape index (κ1) is 20.5. The van der Waals surface area contributed by atoms with Gasteiger partial charge in [-0.1, -0.05) is 13.8 Å². The Hall–Kier alpha value is -5.36. The lowest BCUT2D eigenvalue weighted by Crippen LogP contribution is -2.16. The van der Waals surface area contributed by atoms with Crippen molar-refractivity contribution in [1.29, 1.82) is 0 Å². The Balaban J connectivity index is 1.45. The van der Waals surface area contributed by atoms with Gasteiger partial charge in [-0.05, 0) is 58.7 Å². The SMILES string of the molecule is CC1(C)c2c(cc3c4ccncc4n4c5cnccc5c2c34)-c2cc3c4ccncc4n4c5cnccc5c(c21)c34. The Morgan fingerprint density at radius 3 is 1.27 bits per heavy atom. The number of hydrogen-bond acceptors (Lipinski definition) is 4. The minimum absolute atomic E-state index is 0.244. The number of fused-ring (bicyclic) bond motifs is 17. The van der Waals surface area contributed by atoms with Gasteiger partial charge in [0.15, 0.2) is 0 Å². The Bertz CT molecular complexity index is 2590. The van der Waals surface area contributed by atoms with Crippen LogP contribution in [0.25, 0.3) is 87.3 Å². The zero-order chi connectivity index (χ0) is 26.8. The number of nitrogens with zero attached hydrogens (tertiary/aromatic N) is 6. The van der Waals surface area contributed by atoms with Gasteiger partial charge in [0.1, 0.15) is 0 Å². The van der Waals surface area contributed by atoms with E-state index in [0.717, 1.165) is 22.1 Å². The smallest absolute Gasteiger partial charge is 0.0725 e. The Morgan fingerprint density at radius 2 is 0.854 bits per heavy atom. The fourth-order valence-corrected chi connectivity index (χ4v) is 8.47. The summed E-state index contributed by atoms with van der Waals surface area (Å²) >= 11 is 0. The Morgan fingerprint density at radius 1 is 0.488 bits per heavy atom. The molecule has 0 saturated carbocycles. The summed E-state index contributed by atoms with van der Waals surface area (Å²) in [5.41, 5.74) is 12.2. The number of pyridine rings is 4. The van der Waals surface area contributed by atoms with Crippen molar-refractivity contribution in [3.8, 4) is 11.1 Å². The number of benzene rings is 2. The molecule has 190 valence electrons. The molecule has 2 aromatic carbocycles. The molecule has 6 nitrogen and oxygen atoms in total. The molecule has 10 aromatic rings. The third kappa shape index (κ3) is 2.04. The molecule has 1 aliphatic rings. The van der Waals surface area contributed by atoms with Gasteiger partial charge < -0.3 is 8.80 Å². The highest BCUT2D eigenvalue weighted by Gasteiger charge is 2.42. The lowest BCUT2D eigenvalue weighted by Gasteiger charge is -2.24. The third-order valence-electron chi connectivity index (χ3n) is 9.87. The van der Waals surface area contributed by atoms with Crippen molar-refractivity contribution in [3.05, 3.63) is 97.1 Å². The Kier molecular flexibility index (Phi) is 3.17. The van der Waals surface area contributed by atoms with E-state index in [0.29, 0.717) is 0 Å². The van der Waals surface area contributed by atoms with E-state index in [9.17, 15) is 0 Å². The van der Waals surface area contributed by atoms with Crippen molar-refractivity contribution >= 4 is 76.2 Å². The third-order valence-corrected chi connectivity index (χ3v) is 9.87. The molecule has 0 N–H and O–H groups in total. The molecule has 0 saturated heterocycles. The normalized spacial score (nSPS) is 14.8. The lowest BCUT2D eigenvalue weighted by molar-refractivity contribution is 0.673. The molecule has 0 aliphatic heterocycles. The maximum absolute atomic E-state index is 4.55. The standard InChI is InChI=1S/C35H20N6/c1-35(2)31-21(11-23-17-3-7-36-13-25(17)40-27-15-38-9-5-19(27)29(31)33(23)40)22-12-24-18-4-8-37-14-26(18)41-28-16-39-10-6-20(28)30(32(22)35)34(24)41/h3-16H,1-2H3. The topological polar surface area (TPSA) is 60.4 Å². The van der Waals surface area contributed by atoms with Gasteiger partial charge in [0.05, 0.1) is 57.9 Å². The van der Waals surface area contributed by atoms with Crippen LogP contribution < -0.4 is 0 Å². The molecule has 0 unspecified atom stereocenters. The van der Waals surface area contributed by atoms with Crippen LogP contribution in [0.2, 0.25) is 0 Å². The van der Waals surface area contributed by atoms with E-state index in [1.165, 1.54) is 76.4 Å². The molecule has 0 atom stereocenters. The van der Waals surface area contributed by atoms with Gasteiger partial charge >= 0.3 is 0 Å². The summed E-state index contributed by atoms with van der Waals surface area (Å²) in [5, 5.41) is 10.1. The number of aromatic nitrogens is 6. The van der Waals surface area contributed by atoms with Gasteiger partial charge in [-0.2, -0.15) is 0 Å². The molecule has 8 heterocycles. The van der Waals surface area contributed by atoms with Crippen LogP contribution in [0.5, 0.6) is 0 Å². The van der Waals surface area contributed by atoms with Crippen molar-refractivity contribution in [3.63, 3.8) is 0 Å². The molecule has 41 heavy (non-hydrogen) atoms. The summed E-state index contributed by atoms with van der Waals surface area (Å²) in [6, 6.07) is 13.6. The van der Waals surface area contributed by atoms with Crippen molar-refractivity contribution in [2.45, 2.75) is 19.3 Å². The van der Waals surface area contributed by atoms with Crippen LogP contribution in [0, 0.1) is 0 Å². The molecule has 0 bridgehead atoms. The van der Waals surface area contributed by atoms with E-state index in [1.54, 1.807) is 0 Å². The zero-order valence-corrected chi connectivity index (χ0v) is 22.3. The molecule has 1 aliphatic carbocycles. The second-order valence-corrected chi connectivity index (χ2v) is 12.0. The maximum Gasteiger partial charge on any atom is 0.0725 e. The summed E-state index contributed by atoms with van der Waals surface area (Å²) in [5.74, 6) is 0. The van der Waals surface area contributed by atoms with Crippen LogP contribution in [0.4, 0.5) is 0 Å². The van der Waals surface area contributed by atoms with Gasteiger partial charge in [-0.15, -0.1) is 0 Å². The number of rotatable bonds is 0. The van der Waals surface area contributed by atoms with Gasteiger partial charge in [0, 0.05) is 73.3 Å². The number of hydrogen-bond donors (Lipinski definition) is 0. The van der Waals surface area contributed by atoms with E-state index in [-0.39, 0.29) is 5.41 Å². The summed E-state index contributed by atoms with van der Waals surface area (Å²) in [4.78, 5) is 18.1. The molecule has 6 heteroatoms. The highest BCUT2D eigenvalue weighted by Crippen LogP contribution is 2.59. The average Bonchev–Trinajstić information content (AvgIpc) is 3.76. The average molecular weight is 525 g/mol. The van der Waals surface area contributed by atoms with E-state index < -0.39 is 0 Å². The second-order valence-electron chi connectivity index (χ2n) is 12.0. The van der Waals surface area contributed by atoms with Gasteiger partial charge in [0.2, 0.25) is 0 Å². The first-order chi connectivity index (χ1) is 20.1. The van der Waals surface area contributed by atoms with Gasteiger partial charge in [-0.25, -0.2) is 0 Å². The fourth-order valence-electron chi connectivity index (χ4n) is 8.47. The summed E-state index contributed by atoms with van der Waals surface area (Å²) in [6.07, 6.45) is 15.6. The largest absolute Gasteiger partial charge is 0.305 e. The van der Waals surface area contributed by atoms with Crippen molar-refractivity contribution in [1.82, 2.24) is 28.7 Å². The highest BCUT2D eigenvalue weighted by atomic mass is 14.9. The molecule has 0 spiro atoms. The van der Waals surface area contributed by atoms with Crippen LogP contribution in [-0.2, 0) is 5.41 Å². The lowest BCUT2D eigenvalue weighted by atomic mass is 9.78. The Labute approximate surface area is 232 Å². The zero-order valence-electron chi connectivity index (χ0n) is 22.3. The van der Waals surface area contributed by atoms with Crippen LogP contribution in [0.1, 0.15) is 25.0 Å². The van der Waals surface area contributed by atoms with Crippen LogP contribution in [0.3, 0.4) is 0 Å². The molecule has 0 fully saturated rings. The summed E-state index contributed by atoms with van der Waals surface area (Å²) < 4.78 is 4.75. The monoisotopic (exact) mass is 524 g/mol. The van der Waals surface area contributed by atoms with Crippen LogP contribution in [0.15, 0.2) is 86.0 Å². The van der Waals surface area contributed by atoms with Crippen LogP contribution >= 0.6 is 0 Å². The molecular weight excluding hydrogens is 504 g/mol. The van der Waals surface area contributed by atoms with Gasteiger partial charge in [0.25, 0.3) is 0 Å². The van der Waals surface area contributed by atoms with E-state index in [1.807, 2.05) is 49.6 Å². The van der Waals surface area contributed by atoms with E-state index in [2.05, 4.69) is 79.0 Å². The summed E-state index contributed by atoms with van der Waals surface area (Å²) in [6.45, 7) is 4.81. The van der Waals surface area contributed by atoms with Crippen molar-refractivity contribution in [2.75, 3.05) is 0 Å². The molecule has 0 amide bonds. The first-order valence-electron chi connectivity index (χ1n) is 14.0. The summed E-state index contributed by atoms with van der Waals surface area (Å²) in [7, 11) is 0. The second kappa shape index (κ2) is 6.34. The minimum atomic E-state index is -0.244. The van der Waals surface area contributed by atoms with Crippen molar-refractivity contribution in [2.24, 2.45) is 0 Å². The minimum Gasteiger partial charge on any atom is -0.305 e. The fraction of sp³-hybridized carbons (Fsp3) is 0.0857. The maximum atomic E-state index is 4.55. The highest BCUT2D eigenvalue weighted by molar-refractivity contribution is 6.30. The van der Waals surface area contributed by atoms with Crippen molar-refractivity contribution < 1.29 is 0 Å². The molecule has 11 rings (SSSR count).